The summed E-state index contributed by atoms with van der Waals surface area (Å²) >= 11 is 4.96. The molecule has 0 saturated carbocycles. The molecule has 8 nitrogen and oxygen atoms in total. The molecule has 0 radical (unpaired) electrons. The molecule has 1 unspecified atom stereocenters. The van der Waals surface area contributed by atoms with Crippen LogP contribution in [0.5, 0.6) is 0 Å². The van der Waals surface area contributed by atoms with E-state index in [1.807, 2.05) is 0 Å². The van der Waals surface area contributed by atoms with E-state index in [9.17, 15) is 5.11 Å². The highest BCUT2D eigenvalue weighted by Crippen LogP contribution is 2.10. The molecule has 9 heteroatoms. The first-order chi connectivity index (χ1) is 7.61. The summed E-state index contributed by atoms with van der Waals surface area (Å²) in [5.41, 5.74) is 6.39. The molecule has 0 aliphatic heterocycles. The Bertz CT molecular complexity index is 563. The van der Waals surface area contributed by atoms with Gasteiger partial charge in [-0.1, -0.05) is 17.4 Å². The predicted octanol–water partition coefficient (Wildman–Crippen LogP) is -1.18. The van der Waals surface area contributed by atoms with Gasteiger partial charge in [0.05, 0.1) is 19.3 Å². The highest BCUT2D eigenvalue weighted by Gasteiger charge is 2.11. The lowest BCUT2D eigenvalue weighted by molar-refractivity contribution is 0.0787. The molecule has 0 fully saturated rings. The summed E-state index contributed by atoms with van der Waals surface area (Å²) < 4.78 is 1.63. The van der Waals surface area contributed by atoms with Gasteiger partial charge in [0.15, 0.2) is 15.8 Å². The van der Waals surface area contributed by atoms with E-state index in [1.54, 1.807) is 0 Å². The Morgan fingerprint density at radius 2 is 2.31 bits per heavy atom. The van der Waals surface area contributed by atoms with E-state index in [0.717, 1.165) is 0 Å². The van der Waals surface area contributed by atoms with Crippen molar-refractivity contribution in [1.82, 2.24) is 25.0 Å². The number of aliphatic hydroxyl groups is 2. The Kier molecular flexibility index (Phi) is 2.81. The minimum absolute atomic E-state index is 0.0989. The standard InChI is InChI=1S/C7H10N6O2S/c8-7-9-5-4(6(16)10-7)11-12-13(5)1-3(15)2-14/h3,14-15H,1-2H2,(H3,8,9,10,16). The van der Waals surface area contributed by atoms with Crippen molar-refractivity contribution in [3.63, 3.8) is 0 Å². The summed E-state index contributed by atoms with van der Waals surface area (Å²) in [5, 5.41) is 25.6. The van der Waals surface area contributed by atoms with Crippen LogP contribution in [-0.2, 0) is 6.54 Å². The molecular weight excluding hydrogens is 232 g/mol. The number of aromatic nitrogens is 5. The Hall–Kier alpha value is -1.58. The maximum absolute atomic E-state index is 9.30. The van der Waals surface area contributed by atoms with Crippen LogP contribution in [-0.4, -0.2) is 47.9 Å². The number of fused-ring (bicyclic) bond motifs is 1. The topological polar surface area (TPSA) is 126 Å². The maximum Gasteiger partial charge on any atom is 0.200 e. The fraction of sp³-hybridized carbons (Fsp3) is 0.429. The SMILES string of the molecule is Nc1nc(=S)c2nnn(CC(O)CO)c2[nH]1. The summed E-state index contributed by atoms with van der Waals surface area (Å²) in [6.07, 6.45) is -0.915. The van der Waals surface area contributed by atoms with Crippen LogP contribution in [0.2, 0.25) is 0 Å². The molecule has 0 spiro atoms. The quantitative estimate of drug-likeness (QED) is 0.499. The van der Waals surface area contributed by atoms with Crippen LogP contribution < -0.4 is 5.73 Å². The fourth-order valence-electron chi connectivity index (χ4n) is 1.28. The summed E-state index contributed by atoms with van der Waals surface area (Å²) in [7, 11) is 0. The number of nitrogens with one attached hydrogen (secondary N) is 1. The van der Waals surface area contributed by atoms with Crippen LogP contribution in [0, 0.1) is 4.64 Å². The summed E-state index contributed by atoms with van der Waals surface area (Å²) in [6, 6.07) is 0. The number of nitrogens with zero attached hydrogens (tertiary/aromatic N) is 4. The van der Waals surface area contributed by atoms with Crippen molar-refractivity contribution in [2.75, 3.05) is 12.3 Å². The van der Waals surface area contributed by atoms with Crippen LogP contribution in [0.25, 0.3) is 11.2 Å². The first-order valence-electron chi connectivity index (χ1n) is 4.49. The van der Waals surface area contributed by atoms with Gasteiger partial charge in [0.1, 0.15) is 0 Å². The number of hydrogen-bond acceptors (Lipinski definition) is 7. The van der Waals surface area contributed by atoms with Gasteiger partial charge in [-0.3, -0.25) is 0 Å². The van der Waals surface area contributed by atoms with Crippen molar-refractivity contribution in [2.24, 2.45) is 0 Å². The van der Waals surface area contributed by atoms with Crippen LogP contribution in [0.1, 0.15) is 0 Å². The molecule has 16 heavy (non-hydrogen) atoms. The first kappa shape index (κ1) is 10.9. The Morgan fingerprint density at radius 3 is 3.00 bits per heavy atom. The second-order valence-electron chi connectivity index (χ2n) is 3.23. The monoisotopic (exact) mass is 242 g/mol. The van der Waals surface area contributed by atoms with E-state index in [4.69, 9.17) is 23.1 Å². The van der Waals surface area contributed by atoms with Crippen molar-refractivity contribution >= 4 is 29.3 Å². The molecule has 2 rings (SSSR count). The maximum atomic E-state index is 9.30. The van der Waals surface area contributed by atoms with Gasteiger partial charge in [-0.15, -0.1) is 5.10 Å². The molecule has 1 atom stereocenters. The Balaban J connectivity index is 2.51. The molecule has 2 aromatic heterocycles. The lowest BCUT2D eigenvalue weighted by Crippen LogP contribution is -2.21. The number of anilines is 1. The normalized spacial score (nSPS) is 13.1. The molecule has 0 saturated heterocycles. The number of rotatable bonds is 3. The molecule has 0 aliphatic rings. The van der Waals surface area contributed by atoms with E-state index in [-0.39, 0.29) is 23.7 Å². The third-order valence-corrected chi connectivity index (χ3v) is 2.29. The smallest absolute Gasteiger partial charge is 0.200 e. The van der Waals surface area contributed by atoms with Crippen molar-refractivity contribution in [2.45, 2.75) is 12.6 Å². The largest absolute Gasteiger partial charge is 0.394 e. The van der Waals surface area contributed by atoms with Gasteiger partial charge < -0.3 is 20.9 Å². The minimum Gasteiger partial charge on any atom is -0.394 e. The van der Waals surface area contributed by atoms with E-state index < -0.39 is 6.10 Å². The third kappa shape index (κ3) is 1.87. The van der Waals surface area contributed by atoms with Gasteiger partial charge in [0.25, 0.3) is 0 Å². The van der Waals surface area contributed by atoms with Gasteiger partial charge in [0.2, 0.25) is 5.95 Å². The lowest BCUT2D eigenvalue weighted by atomic mass is 10.4. The molecular formula is C7H10N6O2S. The first-order valence-corrected chi connectivity index (χ1v) is 4.90. The zero-order valence-corrected chi connectivity index (χ0v) is 8.98. The average Bonchev–Trinajstić information content (AvgIpc) is 2.61. The second kappa shape index (κ2) is 4.12. The van der Waals surface area contributed by atoms with Gasteiger partial charge in [-0.05, 0) is 0 Å². The van der Waals surface area contributed by atoms with Crippen LogP contribution >= 0.6 is 12.2 Å². The van der Waals surface area contributed by atoms with Crippen molar-refractivity contribution in [3.8, 4) is 0 Å². The minimum atomic E-state index is -0.915. The molecule has 2 aromatic rings. The zero-order chi connectivity index (χ0) is 11.7. The third-order valence-electron chi connectivity index (χ3n) is 2.00. The molecule has 0 aromatic carbocycles. The van der Waals surface area contributed by atoms with Gasteiger partial charge in [-0.25, -0.2) is 9.67 Å². The summed E-state index contributed by atoms with van der Waals surface area (Å²) in [6.45, 7) is -0.260. The van der Waals surface area contributed by atoms with Gasteiger partial charge in [0, 0.05) is 0 Å². The second-order valence-corrected chi connectivity index (χ2v) is 3.62. The van der Waals surface area contributed by atoms with Crippen LogP contribution in [0.15, 0.2) is 0 Å². The van der Waals surface area contributed by atoms with E-state index in [0.29, 0.717) is 11.2 Å². The molecule has 0 amide bonds. The highest BCUT2D eigenvalue weighted by molar-refractivity contribution is 7.71. The Labute approximate surface area is 94.7 Å². The predicted molar refractivity (Wildman–Crippen MR) is 58.0 cm³/mol. The average molecular weight is 242 g/mol. The van der Waals surface area contributed by atoms with Crippen molar-refractivity contribution in [1.29, 1.82) is 0 Å². The number of aliphatic hydroxyl groups excluding tert-OH is 2. The molecule has 86 valence electrons. The van der Waals surface area contributed by atoms with E-state index in [1.165, 1.54) is 4.68 Å². The number of H-pyrrole nitrogens is 1. The van der Waals surface area contributed by atoms with Crippen molar-refractivity contribution in [3.05, 3.63) is 4.64 Å². The number of hydrogen-bond donors (Lipinski definition) is 4. The van der Waals surface area contributed by atoms with Crippen LogP contribution in [0.3, 0.4) is 0 Å². The molecule has 0 aliphatic carbocycles. The molecule has 5 N–H and O–H groups in total. The number of nitrogen functional groups attached to an aromatic ring is 1. The molecule has 0 bridgehead atoms. The van der Waals surface area contributed by atoms with Gasteiger partial charge in [-0.2, -0.15) is 0 Å². The van der Waals surface area contributed by atoms with Crippen molar-refractivity contribution < 1.29 is 10.2 Å². The number of nitrogens with two attached hydrogens (primary N) is 1. The van der Waals surface area contributed by atoms with E-state index in [2.05, 4.69) is 20.3 Å². The highest BCUT2D eigenvalue weighted by atomic mass is 32.1. The van der Waals surface area contributed by atoms with E-state index >= 15 is 0 Å². The number of aromatic amines is 1. The van der Waals surface area contributed by atoms with Gasteiger partial charge >= 0.3 is 0 Å². The van der Waals surface area contributed by atoms with Crippen LogP contribution in [0.4, 0.5) is 5.95 Å². The lowest BCUT2D eigenvalue weighted by Gasteiger charge is -2.06. The summed E-state index contributed by atoms with van der Waals surface area (Å²) in [4.78, 5) is 6.58. The molecule has 2 heterocycles. The fourth-order valence-corrected chi connectivity index (χ4v) is 1.51. The Morgan fingerprint density at radius 1 is 1.56 bits per heavy atom. The zero-order valence-electron chi connectivity index (χ0n) is 8.16. The summed E-state index contributed by atoms with van der Waals surface area (Å²) in [5.74, 6) is 0.152.